The summed E-state index contributed by atoms with van der Waals surface area (Å²) in [5, 5.41) is 9.31. The van der Waals surface area contributed by atoms with E-state index in [2.05, 4.69) is 17.9 Å². The Hall–Kier alpha value is -1.04. The van der Waals surface area contributed by atoms with Gasteiger partial charge in [0, 0.05) is 24.0 Å². The first-order valence-electron chi connectivity index (χ1n) is 4.98. The number of benzene rings is 1. The van der Waals surface area contributed by atoms with Crippen LogP contribution < -0.4 is 0 Å². The van der Waals surface area contributed by atoms with E-state index in [0.29, 0.717) is 6.42 Å². The van der Waals surface area contributed by atoms with Crippen molar-refractivity contribution in [2.24, 2.45) is 0 Å². The van der Waals surface area contributed by atoms with Gasteiger partial charge in [0.1, 0.15) is 0 Å². The molecule has 0 saturated heterocycles. The fourth-order valence-electron chi connectivity index (χ4n) is 1.47. The minimum Gasteiger partial charge on any atom is -0.299 e. The summed E-state index contributed by atoms with van der Waals surface area (Å²) in [6.07, 6.45) is 0.547. The fourth-order valence-corrected chi connectivity index (χ4v) is 1.76. The lowest BCUT2D eigenvalue weighted by molar-refractivity contribution is 0.268. The Morgan fingerprint density at radius 2 is 2.13 bits per heavy atom. The molecule has 0 radical (unpaired) electrons. The molecule has 0 bridgehead atoms. The van der Waals surface area contributed by atoms with Crippen LogP contribution in [-0.4, -0.2) is 18.5 Å². The molecule has 3 heteroatoms. The molecule has 0 aliphatic rings. The first-order valence-corrected chi connectivity index (χ1v) is 5.36. The first-order chi connectivity index (χ1) is 7.16. The number of halogens is 1. The van der Waals surface area contributed by atoms with Crippen molar-refractivity contribution in [3.63, 3.8) is 0 Å². The summed E-state index contributed by atoms with van der Waals surface area (Å²) in [7, 11) is 2.01. The Balaban J connectivity index is 2.72. The van der Waals surface area contributed by atoms with Crippen molar-refractivity contribution in [3.8, 4) is 6.07 Å². The topological polar surface area (TPSA) is 27.0 Å². The van der Waals surface area contributed by atoms with E-state index in [0.717, 1.165) is 17.1 Å². The third kappa shape index (κ3) is 3.23. The van der Waals surface area contributed by atoms with E-state index in [1.165, 1.54) is 0 Å². The summed E-state index contributed by atoms with van der Waals surface area (Å²) in [5.74, 6) is 0. The minimum absolute atomic E-state index is 0.243. The molecule has 1 atom stereocenters. The Kier molecular flexibility index (Phi) is 4.61. The predicted molar refractivity (Wildman–Crippen MR) is 62.7 cm³/mol. The number of rotatable bonds is 4. The lowest BCUT2D eigenvalue weighted by Crippen LogP contribution is -2.23. The van der Waals surface area contributed by atoms with Gasteiger partial charge in [-0.15, -0.1) is 0 Å². The second-order valence-electron chi connectivity index (χ2n) is 3.59. The van der Waals surface area contributed by atoms with Crippen molar-refractivity contribution in [1.82, 2.24) is 4.90 Å². The maximum absolute atomic E-state index is 8.52. The highest BCUT2D eigenvalue weighted by Crippen LogP contribution is 2.25. The fraction of sp³-hybridized carbons (Fsp3) is 0.417. The van der Waals surface area contributed by atoms with Gasteiger partial charge in [-0.25, -0.2) is 0 Å². The van der Waals surface area contributed by atoms with E-state index in [4.69, 9.17) is 16.9 Å². The number of hydrogen-bond donors (Lipinski definition) is 0. The molecule has 0 aliphatic heterocycles. The highest BCUT2D eigenvalue weighted by molar-refractivity contribution is 6.31. The van der Waals surface area contributed by atoms with Crippen LogP contribution in [0.1, 0.15) is 24.9 Å². The molecule has 0 aromatic heterocycles. The van der Waals surface area contributed by atoms with Gasteiger partial charge >= 0.3 is 0 Å². The van der Waals surface area contributed by atoms with Crippen LogP contribution in [0.3, 0.4) is 0 Å². The predicted octanol–water partition coefficient (Wildman–Crippen LogP) is 3.25. The second kappa shape index (κ2) is 5.75. The van der Waals surface area contributed by atoms with Crippen molar-refractivity contribution in [3.05, 3.63) is 34.9 Å². The molecule has 0 spiro atoms. The molecule has 1 aromatic rings. The van der Waals surface area contributed by atoms with Gasteiger partial charge in [0.25, 0.3) is 0 Å². The highest BCUT2D eigenvalue weighted by Gasteiger charge is 2.13. The van der Waals surface area contributed by atoms with Crippen LogP contribution in [0.15, 0.2) is 24.3 Å². The van der Waals surface area contributed by atoms with E-state index in [1.54, 1.807) is 0 Å². The third-order valence-electron chi connectivity index (χ3n) is 2.59. The molecule has 0 amide bonds. The number of hydrogen-bond acceptors (Lipinski definition) is 2. The van der Waals surface area contributed by atoms with E-state index in [-0.39, 0.29) is 6.04 Å². The van der Waals surface area contributed by atoms with Crippen molar-refractivity contribution in [1.29, 1.82) is 5.26 Å². The number of nitriles is 1. The maximum atomic E-state index is 8.52. The smallest absolute Gasteiger partial charge is 0.0635 e. The normalized spacial score (nSPS) is 12.5. The Bertz CT molecular complexity index is 357. The van der Waals surface area contributed by atoms with E-state index in [1.807, 2.05) is 31.3 Å². The molecule has 2 nitrogen and oxygen atoms in total. The van der Waals surface area contributed by atoms with Crippen LogP contribution >= 0.6 is 11.6 Å². The van der Waals surface area contributed by atoms with Crippen molar-refractivity contribution in [2.45, 2.75) is 19.4 Å². The third-order valence-corrected chi connectivity index (χ3v) is 2.94. The molecule has 1 aromatic carbocycles. The Morgan fingerprint density at radius 3 is 2.73 bits per heavy atom. The average Bonchev–Trinajstić information content (AvgIpc) is 2.25. The number of nitrogens with zero attached hydrogens (tertiary/aromatic N) is 2. The van der Waals surface area contributed by atoms with Gasteiger partial charge in [-0.3, -0.25) is 4.90 Å². The van der Waals surface area contributed by atoms with Crippen molar-refractivity contribution in [2.75, 3.05) is 13.6 Å². The molecule has 0 N–H and O–H groups in total. The Labute approximate surface area is 96.1 Å². The van der Waals surface area contributed by atoms with Gasteiger partial charge < -0.3 is 0 Å². The molecule has 0 fully saturated rings. The van der Waals surface area contributed by atoms with Crippen LogP contribution in [0, 0.1) is 11.3 Å². The van der Waals surface area contributed by atoms with Crippen LogP contribution in [0.5, 0.6) is 0 Å². The average molecular weight is 223 g/mol. The SMILES string of the molecule is CC(c1ccccc1Cl)N(C)CCC#N. The zero-order chi connectivity index (χ0) is 11.3. The Morgan fingerprint density at radius 1 is 1.47 bits per heavy atom. The van der Waals surface area contributed by atoms with Crippen molar-refractivity contribution < 1.29 is 0 Å². The molecule has 15 heavy (non-hydrogen) atoms. The van der Waals surface area contributed by atoms with Gasteiger partial charge in [-0.2, -0.15) is 5.26 Å². The van der Waals surface area contributed by atoms with Crippen LogP contribution in [0.2, 0.25) is 5.02 Å². The quantitative estimate of drug-likeness (QED) is 0.782. The maximum Gasteiger partial charge on any atom is 0.0635 e. The minimum atomic E-state index is 0.243. The van der Waals surface area contributed by atoms with Gasteiger partial charge in [-0.05, 0) is 25.6 Å². The van der Waals surface area contributed by atoms with Gasteiger partial charge in [0.05, 0.1) is 6.07 Å². The summed E-state index contributed by atoms with van der Waals surface area (Å²) >= 11 is 6.11. The van der Waals surface area contributed by atoms with Gasteiger partial charge in [0.15, 0.2) is 0 Å². The molecular weight excluding hydrogens is 208 g/mol. The van der Waals surface area contributed by atoms with E-state index in [9.17, 15) is 0 Å². The summed E-state index contributed by atoms with van der Waals surface area (Å²) in [4.78, 5) is 2.13. The lowest BCUT2D eigenvalue weighted by atomic mass is 10.1. The zero-order valence-corrected chi connectivity index (χ0v) is 9.83. The van der Waals surface area contributed by atoms with E-state index >= 15 is 0 Å². The molecule has 0 heterocycles. The van der Waals surface area contributed by atoms with E-state index < -0.39 is 0 Å². The molecule has 1 rings (SSSR count). The summed E-state index contributed by atoms with van der Waals surface area (Å²) in [5.41, 5.74) is 1.11. The molecule has 0 aliphatic carbocycles. The highest BCUT2D eigenvalue weighted by atomic mass is 35.5. The summed E-state index contributed by atoms with van der Waals surface area (Å²) in [6, 6.07) is 10.2. The first kappa shape index (κ1) is 12.0. The largest absolute Gasteiger partial charge is 0.299 e. The zero-order valence-electron chi connectivity index (χ0n) is 9.07. The van der Waals surface area contributed by atoms with Gasteiger partial charge in [-0.1, -0.05) is 29.8 Å². The standard InChI is InChI=1S/C12H15ClN2/c1-10(15(2)9-5-8-14)11-6-3-4-7-12(11)13/h3-4,6-7,10H,5,9H2,1-2H3. The summed E-state index contributed by atoms with van der Waals surface area (Å²) in [6.45, 7) is 2.86. The van der Waals surface area contributed by atoms with Crippen LogP contribution in [0.4, 0.5) is 0 Å². The molecule has 80 valence electrons. The van der Waals surface area contributed by atoms with Crippen molar-refractivity contribution >= 4 is 11.6 Å². The van der Waals surface area contributed by atoms with Crippen LogP contribution in [-0.2, 0) is 0 Å². The molecule has 1 unspecified atom stereocenters. The van der Waals surface area contributed by atoms with Crippen LogP contribution in [0.25, 0.3) is 0 Å². The monoisotopic (exact) mass is 222 g/mol. The second-order valence-corrected chi connectivity index (χ2v) is 3.99. The molecule has 0 saturated carbocycles. The van der Waals surface area contributed by atoms with Gasteiger partial charge in [0.2, 0.25) is 0 Å². The summed E-state index contributed by atoms with van der Waals surface area (Å²) < 4.78 is 0. The lowest BCUT2D eigenvalue weighted by Gasteiger charge is -2.24. The molecular formula is C12H15ClN2.